The maximum atomic E-state index is 5.96. The molecule has 0 bridgehead atoms. The second-order valence-corrected chi connectivity index (χ2v) is 9.57. The quantitative estimate of drug-likeness (QED) is 0.699. The van der Waals surface area contributed by atoms with Crippen molar-refractivity contribution in [1.82, 2.24) is 0 Å². The van der Waals surface area contributed by atoms with Gasteiger partial charge in [-0.15, -0.1) is 0 Å². The van der Waals surface area contributed by atoms with Gasteiger partial charge in [0.15, 0.2) is 14.6 Å². The van der Waals surface area contributed by atoms with Gasteiger partial charge in [0.2, 0.25) is 0 Å². The molecule has 1 fully saturated rings. The molecule has 5 nitrogen and oxygen atoms in total. The van der Waals surface area contributed by atoms with E-state index in [9.17, 15) is 0 Å². The summed E-state index contributed by atoms with van der Waals surface area (Å²) in [4.78, 5) is 0. The molecule has 0 saturated carbocycles. The molecule has 0 radical (unpaired) electrons. The topological polar surface area (TPSA) is 46.2 Å². The van der Waals surface area contributed by atoms with Gasteiger partial charge >= 0.3 is 0 Å². The molecule has 102 valence electrons. The van der Waals surface area contributed by atoms with Crippen molar-refractivity contribution in [1.29, 1.82) is 0 Å². The first-order chi connectivity index (χ1) is 7.92. The molecule has 0 amide bonds. The highest BCUT2D eigenvalue weighted by Gasteiger charge is 2.43. The fourth-order valence-electron chi connectivity index (χ4n) is 1.93. The summed E-state index contributed by atoms with van der Waals surface area (Å²) >= 11 is 0. The molecule has 1 rings (SSSR count). The Balaban J connectivity index is 2.73. The lowest BCUT2D eigenvalue weighted by molar-refractivity contribution is -0.261. The van der Waals surface area contributed by atoms with Crippen molar-refractivity contribution < 1.29 is 23.4 Å². The molecule has 1 aliphatic rings. The number of hydrogen-bond acceptors (Lipinski definition) is 5. The molecule has 0 N–H and O–H groups in total. The van der Waals surface area contributed by atoms with Gasteiger partial charge in [0.05, 0.1) is 6.61 Å². The predicted molar refractivity (Wildman–Crippen MR) is 66.6 cm³/mol. The fourth-order valence-corrected chi connectivity index (χ4v) is 2.83. The summed E-state index contributed by atoms with van der Waals surface area (Å²) in [7, 11) is 3.26. The third-order valence-corrected chi connectivity index (χ3v) is 3.64. The summed E-state index contributed by atoms with van der Waals surface area (Å²) in [6.07, 6.45) is -0.917. The van der Waals surface area contributed by atoms with Crippen molar-refractivity contribution in [2.24, 2.45) is 0 Å². The van der Waals surface area contributed by atoms with Crippen LogP contribution in [0, 0.1) is 0 Å². The normalized spacial score (nSPS) is 34.9. The van der Waals surface area contributed by atoms with Crippen molar-refractivity contribution in [3.8, 4) is 0 Å². The zero-order valence-corrected chi connectivity index (χ0v) is 12.6. The van der Waals surface area contributed by atoms with E-state index in [2.05, 4.69) is 19.6 Å². The van der Waals surface area contributed by atoms with Crippen LogP contribution in [-0.2, 0) is 23.4 Å². The lowest BCUT2D eigenvalue weighted by Gasteiger charge is -2.42. The molecule has 4 unspecified atom stereocenters. The van der Waals surface area contributed by atoms with Crippen molar-refractivity contribution in [2.45, 2.75) is 44.2 Å². The molecule has 1 saturated heterocycles. The zero-order valence-electron chi connectivity index (χ0n) is 11.6. The number of rotatable bonds is 5. The van der Waals surface area contributed by atoms with Crippen LogP contribution in [0.2, 0.25) is 19.6 Å². The standard InChI is InChI=1S/C11H24O5Si/c1-12-8-7-15-11(16-17(4,5)6)10(14-3)9(8)13-2/h8-11H,7H2,1-6H3. The molecule has 1 aliphatic heterocycles. The number of methoxy groups -OCH3 is 3. The van der Waals surface area contributed by atoms with Gasteiger partial charge in [-0.3, -0.25) is 0 Å². The van der Waals surface area contributed by atoms with Gasteiger partial charge in [-0.05, 0) is 19.6 Å². The molecule has 0 aromatic heterocycles. The highest BCUT2D eigenvalue weighted by molar-refractivity contribution is 6.69. The van der Waals surface area contributed by atoms with Gasteiger partial charge in [0, 0.05) is 21.3 Å². The van der Waals surface area contributed by atoms with Crippen molar-refractivity contribution in [3.63, 3.8) is 0 Å². The Hall–Kier alpha value is 0.0169. The van der Waals surface area contributed by atoms with E-state index in [0.29, 0.717) is 6.61 Å². The highest BCUT2D eigenvalue weighted by Crippen LogP contribution is 2.25. The van der Waals surface area contributed by atoms with E-state index in [4.69, 9.17) is 23.4 Å². The van der Waals surface area contributed by atoms with E-state index in [1.807, 2.05) is 0 Å². The summed E-state index contributed by atoms with van der Waals surface area (Å²) in [5.74, 6) is 0. The van der Waals surface area contributed by atoms with Crippen molar-refractivity contribution >= 4 is 8.32 Å². The van der Waals surface area contributed by atoms with Gasteiger partial charge in [0.25, 0.3) is 0 Å². The van der Waals surface area contributed by atoms with E-state index in [1.165, 1.54) is 0 Å². The molecule has 0 aliphatic carbocycles. The maximum Gasteiger partial charge on any atom is 0.187 e. The molecule has 0 aromatic carbocycles. The minimum Gasteiger partial charge on any atom is -0.391 e. The van der Waals surface area contributed by atoms with E-state index in [0.717, 1.165) is 0 Å². The number of ether oxygens (including phenoxy) is 4. The average molecular weight is 264 g/mol. The molecule has 17 heavy (non-hydrogen) atoms. The second kappa shape index (κ2) is 6.26. The van der Waals surface area contributed by atoms with Gasteiger partial charge in [-0.2, -0.15) is 0 Å². The van der Waals surface area contributed by atoms with Crippen LogP contribution < -0.4 is 0 Å². The Kier molecular flexibility index (Phi) is 5.55. The fraction of sp³-hybridized carbons (Fsp3) is 1.00. The molecule has 0 spiro atoms. The molecular weight excluding hydrogens is 240 g/mol. The Morgan fingerprint density at radius 1 is 0.941 bits per heavy atom. The summed E-state index contributed by atoms with van der Waals surface area (Å²) in [5, 5.41) is 0. The van der Waals surface area contributed by atoms with Gasteiger partial charge < -0.3 is 23.4 Å². The van der Waals surface area contributed by atoms with Crippen LogP contribution in [0.25, 0.3) is 0 Å². The third kappa shape index (κ3) is 4.01. The Labute approximate surface area is 104 Å². The maximum absolute atomic E-state index is 5.96. The Morgan fingerprint density at radius 3 is 1.94 bits per heavy atom. The van der Waals surface area contributed by atoms with E-state index < -0.39 is 8.32 Å². The average Bonchev–Trinajstić information content (AvgIpc) is 2.26. The van der Waals surface area contributed by atoms with Gasteiger partial charge in [-0.25, -0.2) is 0 Å². The van der Waals surface area contributed by atoms with Crippen LogP contribution in [0.4, 0.5) is 0 Å². The predicted octanol–water partition coefficient (Wildman–Crippen LogP) is 1.24. The van der Waals surface area contributed by atoms with E-state index in [-0.39, 0.29) is 24.6 Å². The lowest BCUT2D eigenvalue weighted by Crippen LogP contribution is -2.57. The van der Waals surface area contributed by atoms with Crippen LogP contribution >= 0.6 is 0 Å². The SMILES string of the molecule is COC1COC(O[Si](C)(C)C)C(OC)C1OC. The summed E-state index contributed by atoms with van der Waals surface area (Å²) in [6, 6.07) is 0. The van der Waals surface area contributed by atoms with Gasteiger partial charge in [-0.1, -0.05) is 0 Å². The highest BCUT2D eigenvalue weighted by atomic mass is 28.4. The Morgan fingerprint density at radius 2 is 1.53 bits per heavy atom. The lowest BCUT2D eigenvalue weighted by atomic mass is 10.1. The first kappa shape index (κ1) is 15.1. The Bertz CT molecular complexity index is 230. The first-order valence-electron chi connectivity index (χ1n) is 5.80. The second-order valence-electron chi connectivity index (χ2n) is 5.11. The smallest absolute Gasteiger partial charge is 0.187 e. The molecule has 0 aromatic rings. The van der Waals surface area contributed by atoms with Crippen LogP contribution in [-0.4, -0.2) is 60.9 Å². The minimum atomic E-state index is -1.68. The molecular formula is C11H24O5Si. The van der Waals surface area contributed by atoms with E-state index >= 15 is 0 Å². The summed E-state index contributed by atoms with van der Waals surface area (Å²) < 4.78 is 27.9. The number of hydrogen-bond donors (Lipinski definition) is 0. The van der Waals surface area contributed by atoms with Crippen molar-refractivity contribution in [3.05, 3.63) is 0 Å². The van der Waals surface area contributed by atoms with Gasteiger partial charge in [0.1, 0.15) is 18.3 Å². The van der Waals surface area contributed by atoms with Crippen LogP contribution in [0.3, 0.4) is 0 Å². The minimum absolute atomic E-state index is 0.119. The molecule has 1 heterocycles. The van der Waals surface area contributed by atoms with Crippen LogP contribution in [0.15, 0.2) is 0 Å². The molecule has 4 atom stereocenters. The summed E-state index contributed by atoms with van der Waals surface area (Å²) in [6.45, 7) is 6.82. The van der Waals surface area contributed by atoms with Crippen molar-refractivity contribution in [2.75, 3.05) is 27.9 Å². The summed E-state index contributed by atoms with van der Waals surface area (Å²) in [5.41, 5.74) is 0. The largest absolute Gasteiger partial charge is 0.391 e. The zero-order chi connectivity index (χ0) is 13.1. The van der Waals surface area contributed by atoms with Crippen LogP contribution in [0.1, 0.15) is 0 Å². The third-order valence-electron chi connectivity index (χ3n) is 2.70. The first-order valence-corrected chi connectivity index (χ1v) is 9.21. The molecule has 6 heteroatoms. The van der Waals surface area contributed by atoms with Crippen LogP contribution in [0.5, 0.6) is 0 Å². The van der Waals surface area contributed by atoms with E-state index in [1.54, 1.807) is 21.3 Å². The monoisotopic (exact) mass is 264 g/mol.